The third-order valence-electron chi connectivity index (χ3n) is 2.57. The summed E-state index contributed by atoms with van der Waals surface area (Å²) in [5, 5.41) is 0. The molecule has 5 heteroatoms. The number of alkyl halides is 3. The highest BCUT2D eigenvalue weighted by Crippen LogP contribution is 2.24. The van der Waals surface area contributed by atoms with E-state index in [9.17, 15) is 18.0 Å². The number of ether oxygens (including phenoxy) is 1. The molecule has 0 heterocycles. The van der Waals surface area contributed by atoms with Crippen molar-refractivity contribution in [2.75, 3.05) is 13.2 Å². The summed E-state index contributed by atoms with van der Waals surface area (Å²) in [7, 11) is 0. The van der Waals surface area contributed by atoms with Gasteiger partial charge in [-0.3, -0.25) is 4.79 Å². The zero-order chi connectivity index (χ0) is 11.3. The molecule has 1 fully saturated rings. The van der Waals surface area contributed by atoms with Crippen LogP contribution in [0.3, 0.4) is 0 Å². The van der Waals surface area contributed by atoms with E-state index in [0.29, 0.717) is 12.8 Å². The average Bonchev–Trinajstić information content (AvgIpc) is 2.49. The monoisotopic (exact) mass is 224 g/mol. The maximum absolute atomic E-state index is 11.7. The van der Waals surface area contributed by atoms with Gasteiger partial charge in [0.25, 0.3) is 0 Å². The molecule has 0 aromatic rings. The van der Waals surface area contributed by atoms with E-state index in [1.165, 1.54) is 0 Å². The Labute approximate surface area is 86.8 Å². The van der Waals surface area contributed by atoms with Crippen LogP contribution in [0.15, 0.2) is 0 Å². The van der Waals surface area contributed by atoms with Crippen molar-refractivity contribution in [1.82, 2.24) is 0 Å². The second-order valence-electron chi connectivity index (χ2n) is 3.82. The minimum Gasteiger partial charge on any atom is -0.381 e. The van der Waals surface area contributed by atoms with E-state index in [1.807, 2.05) is 0 Å². The maximum Gasteiger partial charge on any atom is 0.391 e. The lowest BCUT2D eigenvalue weighted by molar-refractivity contribution is -0.145. The topological polar surface area (TPSA) is 26.3 Å². The van der Waals surface area contributed by atoms with Crippen LogP contribution in [0, 0.1) is 5.92 Å². The van der Waals surface area contributed by atoms with E-state index < -0.39 is 12.6 Å². The molecule has 1 rings (SSSR count). The third-order valence-corrected chi connectivity index (χ3v) is 2.57. The molecule has 88 valence electrons. The van der Waals surface area contributed by atoms with Gasteiger partial charge < -0.3 is 4.74 Å². The van der Waals surface area contributed by atoms with E-state index in [4.69, 9.17) is 4.74 Å². The van der Waals surface area contributed by atoms with E-state index in [-0.39, 0.29) is 24.9 Å². The summed E-state index contributed by atoms with van der Waals surface area (Å²) in [6.07, 6.45) is -2.10. The standard InChI is InChI=1S/C10H15F3O2/c11-10(12,13)5-7-15-6-4-8-2-1-3-9(8)14/h8H,1-7H2. The van der Waals surface area contributed by atoms with Gasteiger partial charge in [-0.25, -0.2) is 0 Å². The Morgan fingerprint density at radius 1 is 1.33 bits per heavy atom. The second-order valence-corrected chi connectivity index (χ2v) is 3.82. The number of ketones is 1. The Hall–Kier alpha value is -0.580. The van der Waals surface area contributed by atoms with Crippen LogP contribution in [0.2, 0.25) is 0 Å². The predicted molar refractivity (Wildman–Crippen MR) is 48.5 cm³/mol. The number of hydrogen-bond acceptors (Lipinski definition) is 2. The Morgan fingerprint density at radius 2 is 2.07 bits per heavy atom. The normalized spacial score (nSPS) is 22.3. The van der Waals surface area contributed by atoms with Crippen molar-refractivity contribution >= 4 is 5.78 Å². The molecule has 0 aliphatic heterocycles. The SMILES string of the molecule is O=C1CCCC1CCOCCC(F)(F)F. The first-order valence-corrected chi connectivity index (χ1v) is 5.16. The zero-order valence-electron chi connectivity index (χ0n) is 8.48. The molecule has 1 aliphatic carbocycles. The van der Waals surface area contributed by atoms with Crippen molar-refractivity contribution in [2.24, 2.45) is 5.92 Å². The smallest absolute Gasteiger partial charge is 0.381 e. The Morgan fingerprint density at radius 3 is 2.60 bits per heavy atom. The molecule has 0 N–H and O–H groups in total. The number of carbonyl (C=O) groups excluding carboxylic acids is 1. The van der Waals surface area contributed by atoms with Crippen molar-refractivity contribution in [3.05, 3.63) is 0 Å². The molecule has 0 bridgehead atoms. The molecule has 0 amide bonds. The first-order chi connectivity index (χ1) is 6.99. The van der Waals surface area contributed by atoms with Crippen LogP contribution >= 0.6 is 0 Å². The molecule has 1 unspecified atom stereocenters. The molecule has 0 spiro atoms. The quantitative estimate of drug-likeness (QED) is 0.671. The largest absolute Gasteiger partial charge is 0.391 e. The van der Waals surface area contributed by atoms with Gasteiger partial charge in [0.2, 0.25) is 0 Å². The maximum atomic E-state index is 11.7. The van der Waals surface area contributed by atoms with Crippen LogP contribution in [0.4, 0.5) is 13.2 Å². The molecule has 1 saturated carbocycles. The van der Waals surface area contributed by atoms with Crippen LogP contribution in [0.5, 0.6) is 0 Å². The van der Waals surface area contributed by atoms with Gasteiger partial charge in [0.05, 0.1) is 13.0 Å². The molecule has 0 aromatic heterocycles. The van der Waals surface area contributed by atoms with Gasteiger partial charge in [-0.1, -0.05) is 0 Å². The summed E-state index contributed by atoms with van der Waals surface area (Å²) in [6, 6.07) is 0. The van der Waals surface area contributed by atoms with Crippen molar-refractivity contribution in [3.63, 3.8) is 0 Å². The highest BCUT2D eigenvalue weighted by molar-refractivity contribution is 5.82. The van der Waals surface area contributed by atoms with Gasteiger partial charge >= 0.3 is 6.18 Å². The molecule has 1 aliphatic rings. The summed E-state index contributed by atoms with van der Waals surface area (Å²) in [5.41, 5.74) is 0. The minimum absolute atomic E-state index is 0.0240. The number of rotatable bonds is 5. The van der Waals surface area contributed by atoms with E-state index in [2.05, 4.69) is 0 Å². The summed E-state index contributed by atoms with van der Waals surface area (Å²) in [4.78, 5) is 11.2. The van der Waals surface area contributed by atoms with E-state index >= 15 is 0 Å². The second kappa shape index (κ2) is 5.49. The average molecular weight is 224 g/mol. The van der Waals surface area contributed by atoms with E-state index in [0.717, 1.165) is 12.8 Å². The van der Waals surface area contributed by atoms with Crippen molar-refractivity contribution in [1.29, 1.82) is 0 Å². The lowest BCUT2D eigenvalue weighted by atomic mass is 10.0. The number of Topliss-reactive ketones (excluding diaryl/α,β-unsaturated/α-hetero) is 1. The highest BCUT2D eigenvalue weighted by Gasteiger charge is 2.27. The summed E-state index contributed by atoms with van der Waals surface area (Å²) in [6.45, 7) is -0.0447. The summed E-state index contributed by atoms with van der Waals surface area (Å²) in [5.74, 6) is 0.255. The number of halogens is 3. The van der Waals surface area contributed by atoms with E-state index in [1.54, 1.807) is 0 Å². The van der Waals surface area contributed by atoms with Crippen LogP contribution in [0.25, 0.3) is 0 Å². The number of hydrogen-bond donors (Lipinski definition) is 0. The highest BCUT2D eigenvalue weighted by atomic mass is 19.4. The lowest BCUT2D eigenvalue weighted by Gasteiger charge is -2.09. The van der Waals surface area contributed by atoms with Gasteiger partial charge in [-0.2, -0.15) is 13.2 Å². The van der Waals surface area contributed by atoms with Gasteiger partial charge in [0, 0.05) is 18.9 Å². The molecule has 1 atom stereocenters. The van der Waals surface area contributed by atoms with Gasteiger partial charge in [-0.15, -0.1) is 0 Å². The van der Waals surface area contributed by atoms with Crippen molar-refractivity contribution < 1.29 is 22.7 Å². The fourth-order valence-electron chi connectivity index (χ4n) is 1.71. The molecule has 15 heavy (non-hydrogen) atoms. The molecule has 0 radical (unpaired) electrons. The Bertz CT molecular complexity index is 213. The lowest BCUT2D eigenvalue weighted by Crippen LogP contribution is -2.14. The first kappa shape index (κ1) is 12.5. The molecular weight excluding hydrogens is 209 g/mol. The first-order valence-electron chi connectivity index (χ1n) is 5.16. The van der Waals surface area contributed by atoms with Crippen LogP contribution in [-0.4, -0.2) is 25.2 Å². The summed E-state index contributed by atoms with van der Waals surface area (Å²) < 4.78 is 40.0. The van der Waals surface area contributed by atoms with Gasteiger partial charge in [0.1, 0.15) is 5.78 Å². The Kier molecular flexibility index (Phi) is 4.57. The van der Waals surface area contributed by atoms with Crippen molar-refractivity contribution in [3.8, 4) is 0 Å². The van der Waals surface area contributed by atoms with Crippen LogP contribution < -0.4 is 0 Å². The zero-order valence-corrected chi connectivity index (χ0v) is 8.48. The molecule has 0 saturated heterocycles. The predicted octanol–water partition coefficient (Wildman–Crippen LogP) is 2.71. The van der Waals surface area contributed by atoms with Crippen LogP contribution in [0.1, 0.15) is 32.1 Å². The van der Waals surface area contributed by atoms with Crippen molar-refractivity contribution in [2.45, 2.75) is 38.3 Å². The molecular formula is C10H15F3O2. The Balaban J connectivity index is 2.00. The minimum atomic E-state index is -4.15. The molecule has 2 nitrogen and oxygen atoms in total. The number of carbonyl (C=O) groups is 1. The third kappa shape index (κ3) is 5.16. The fourth-order valence-corrected chi connectivity index (χ4v) is 1.71. The van der Waals surface area contributed by atoms with Gasteiger partial charge in [-0.05, 0) is 19.3 Å². The molecule has 0 aromatic carbocycles. The van der Waals surface area contributed by atoms with Gasteiger partial charge in [0.15, 0.2) is 0 Å². The summed E-state index contributed by atoms with van der Waals surface area (Å²) >= 11 is 0. The van der Waals surface area contributed by atoms with Crippen LogP contribution in [-0.2, 0) is 9.53 Å². The fraction of sp³-hybridized carbons (Fsp3) is 0.900.